The van der Waals surface area contributed by atoms with Crippen LogP contribution in [0.1, 0.15) is 51.6 Å². The maximum Gasteiger partial charge on any atom is 0.416 e. The van der Waals surface area contributed by atoms with Gasteiger partial charge in [0, 0.05) is 25.2 Å². The van der Waals surface area contributed by atoms with Crippen molar-refractivity contribution in [1.29, 1.82) is 0 Å². The molecule has 0 radical (unpaired) electrons. The fourth-order valence-corrected chi connectivity index (χ4v) is 3.37. The predicted octanol–water partition coefficient (Wildman–Crippen LogP) is 4.10. The van der Waals surface area contributed by atoms with E-state index in [0.717, 1.165) is 30.7 Å². The number of rotatable bonds is 4. The van der Waals surface area contributed by atoms with Crippen molar-refractivity contribution in [3.05, 3.63) is 58.4 Å². The maximum absolute atomic E-state index is 12.9. The SMILES string of the molecule is Cc1nn(C)c2nc(C3CC3)cc(C(=O)NCc3cccc(C(F)(F)F)c3)c12. The third-order valence-electron chi connectivity index (χ3n) is 4.94. The van der Waals surface area contributed by atoms with Crippen LogP contribution in [0, 0.1) is 6.92 Å². The normalized spacial score (nSPS) is 14.5. The lowest BCUT2D eigenvalue weighted by Crippen LogP contribution is -2.23. The van der Waals surface area contributed by atoms with Crippen molar-refractivity contribution in [3.8, 4) is 0 Å². The van der Waals surface area contributed by atoms with Crippen LogP contribution in [0.5, 0.6) is 0 Å². The molecule has 3 aromatic rings. The summed E-state index contributed by atoms with van der Waals surface area (Å²) in [6, 6.07) is 6.75. The number of carbonyl (C=O) groups is 1. The summed E-state index contributed by atoms with van der Waals surface area (Å²) in [6.07, 6.45) is -2.33. The fraction of sp³-hybridized carbons (Fsp3) is 0.350. The average molecular weight is 388 g/mol. The monoisotopic (exact) mass is 388 g/mol. The van der Waals surface area contributed by atoms with Crippen molar-refractivity contribution in [1.82, 2.24) is 20.1 Å². The molecule has 0 unspecified atom stereocenters. The highest BCUT2D eigenvalue weighted by Crippen LogP contribution is 2.40. The molecule has 146 valence electrons. The Labute approximate surface area is 159 Å². The van der Waals surface area contributed by atoms with E-state index >= 15 is 0 Å². The standard InChI is InChI=1S/C20H19F3N4O/c1-11-17-15(9-16(13-6-7-13)25-18(17)27(2)26-11)19(28)24-10-12-4-3-5-14(8-12)20(21,22)23/h3-5,8-9,13H,6-7,10H2,1-2H3,(H,24,28). The molecule has 0 spiro atoms. The first-order chi connectivity index (χ1) is 13.2. The van der Waals surface area contributed by atoms with Crippen LogP contribution in [0.2, 0.25) is 0 Å². The molecule has 2 heterocycles. The van der Waals surface area contributed by atoms with Gasteiger partial charge in [0.15, 0.2) is 5.65 Å². The molecule has 1 amide bonds. The summed E-state index contributed by atoms with van der Waals surface area (Å²) in [4.78, 5) is 17.5. The van der Waals surface area contributed by atoms with Crippen molar-refractivity contribution in [3.63, 3.8) is 0 Å². The zero-order valence-corrected chi connectivity index (χ0v) is 15.5. The molecule has 0 saturated heterocycles. The molecule has 1 fully saturated rings. The molecule has 2 aromatic heterocycles. The van der Waals surface area contributed by atoms with Gasteiger partial charge in [-0.1, -0.05) is 12.1 Å². The van der Waals surface area contributed by atoms with E-state index in [9.17, 15) is 18.0 Å². The molecule has 1 aromatic carbocycles. The fourth-order valence-electron chi connectivity index (χ4n) is 3.37. The van der Waals surface area contributed by atoms with Gasteiger partial charge in [0.25, 0.3) is 5.91 Å². The summed E-state index contributed by atoms with van der Waals surface area (Å²) in [6.45, 7) is 1.81. The Bertz CT molecular complexity index is 1070. The Morgan fingerprint density at radius 2 is 2.04 bits per heavy atom. The Hall–Kier alpha value is -2.90. The number of nitrogens with one attached hydrogen (secondary N) is 1. The molecule has 5 nitrogen and oxygen atoms in total. The minimum atomic E-state index is -4.41. The van der Waals surface area contributed by atoms with Crippen molar-refractivity contribution >= 4 is 16.9 Å². The minimum absolute atomic E-state index is 0.00460. The maximum atomic E-state index is 12.9. The highest BCUT2D eigenvalue weighted by molar-refractivity contribution is 6.06. The topological polar surface area (TPSA) is 59.8 Å². The van der Waals surface area contributed by atoms with Crippen LogP contribution < -0.4 is 5.32 Å². The number of pyridine rings is 1. The van der Waals surface area contributed by atoms with Crippen LogP contribution in [0.4, 0.5) is 13.2 Å². The molecule has 1 aliphatic carbocycles. The summed E-state index contributed by atoms with van der Waals surface area (Å²) in [5.74, 6) is 0.0115. The number of benzene rings is 1. The predicted molar refractivity (Wildman–Crippen MR) is 97.8 cm³/mol. The van der Waals surface area contributed by atoms with E-state index in [1.165, 1.54) is 6.07 Å². The van der Waals surface area contributed by atoms with E-state index in [1.54, 1.807) is 23.9 Å². The molecule has 1 aliphatic rings. The quantitative estimate of drug-likeness (QED) is 0.732. The van der Waals surface area contributed by atoms with Gasteiger partial charge in [-0.3, -0.25) is 9.48 Å². The zero-order valence-electron chi connectivity index (χ0n) is 15.5. The molecule has 1 saturated carbocycles. The highest BCUT2D eigenvalue weighted by atomic mass is 19.4. The summed E-state index contributed by atoms with van der Waals surface area (Å²) >= 11 is 0. The summed E-state index contributed by atoms with van der Waals surface area (Å²) in [5, 5.41) is 7.77. The summed E-state index contributed by atoms with van der Waals surface area (Å²) in [5.41, 5.74) is 2.32. The lowest BCUT2D eigenvalue weighted by Gasteiger charge is -2.11. The first kappa shape index (κ1) is 18.5. The first-order valence-corrected chi connectivity index (χ1v) is 9.02. The van der Waals surface area contributed by atoms with Gasteiger partial charge in [-0.15, -0.1) is 0 Å². The van der Waals surface area contributed by atoms with E-state index in [0.29, 0.717) is 33.8 Å². The van der Waals surface area contributed by atoms with Gasteiger partial charge >= 0.3 is 6.18 Å². The molecule has 8 heteroatoms. The number of carbonyl (C=O) groups excluding carboxylic acids is 1. The Kier molecular flexibility index (Phi) is 4.36. The second kappa shape index (κ2) is 6.61. The van der Waals surface area contributed by atoms with Crippen LogP contribution in [0.25, 0.3) is 11.0 Å². The molecule has 1 N–H and O–H groups in total. The average Bonchev–Trinajstić information content (AvgIpc) is 3.45. The van der Waals surface area contributed by atoms with Crippen LogP contribution in [0.3, 0.4) is 0 Å². The van der Waals surface area contributed by atoms with E-state index in [4.69, 9.17) is 0 Å². The third-order valence-corrected chi connectivity index (χ3v) is 4.94. The van der Waals surface area contributed by atoms with E-state index in [2.05, 4.69) is 15.4 Å². The van der Waals surface area contributed by atoms with E-state index in [-0.39, 0.29) is 12.5 Å². The smallest absolute Gasteiger partial charge is 0.348 e. The Morgan fingerprint density at radius 3 is 2.71 bits per heavy atom. The van der Waals surface area contributed by atoms with Gasteiger partial charge in [-0.05, 0) is 43.5 Å². The largest absolute Gasteiger partial charge is 0.416 e. The van der Waals surface area contributed by atoms with Crippen molar-refractivity contribution < 1.29 is 18.0 Å². The zero-order chi connectivity index (χ0) is 20.1. The lowest BCUT2D eigenvalue weighted by molar-refractivity contribution is -0.137. The molecule has 4 rings (SSSR count). The van der Waals surface area contributed by atoms with Crippen LogP contribution in [-0.4, -0.2) is 20.7 Å². The number of nitrogens with zero attached hydrogens (tertiary/aromatic N) is 3. The van der Waals surface area contributed by atoms with Gasteiger partial charge < -0.3 is 5.32 Å². The first-order valence-electron chi connectivity index (χ1n) is 9.02. The Morgan fingerprint density at radius 1 is 1.29 bits per heavy atom. The number of hydrogen-bond donors (Lipinski definition) is 1. The van der Waals surface area contributed by atoms with E-state index < -0.39 is 11.7 Å². The van der Waals surface area contributed by atoms with E-state index in [1.807, 2.05) is 6.92 Å². The number of halogens is 3. The molecule has 28 heavy (non-hydrogen) atoms. The molecular formula is C20H19F3N4O. The lowest BCUT2D eigenvalue weighted by atomic mass is 10.1. The van der Waals surface area contributed by atoms with Gasteiger partial charge in [0.05, 0.1) is 22.2 Å². The number of hydrogen-bond acceptors (Lipinski definition) is 3. The van der Waals surface area contributed by atoms with Crippen LogP contribution in [0.15, 0.2) is 30.3 Å². The van der Waals surface area contributed by atoms with Crippen LogP contribution >= 0.6 is 0 Å². The second-order valence-electron chi connectivity index (χ2n) is 7.16. The molecule has 0 atom stereocenters. The van der Waals surface area contributed by atoms with Crippen molar-refractivity contribution in [2.45, 2.75) is 38.4 Å². The third kappa shape index (κ3) is 3.46. The second-order valence-corrected chi connectivity index (χ2v) is 7.16. The highest BCUT2D eigenvalue weighted by Gasteiger charge is 2.31. The number of amides is 1. The number of aromatic nitrogens is 3. The van der Waals surface area contributed by atoms with Gasteiger partial charge in [-0.25, -0.2) is 4.98 Å². The van der Waals surface area contributed by atoms with Gasteiger partial charge in [0.1, 0.15) is 0 Å². The number of aryl methyl sites for hydroxylation is 2. The molecular weight excluding hydrogens is 369 g/mol. The van der Waals surface area contributed by atoms with Crippen molar-refractivity contribution in [2.75, 3.05) is 0 Å². The number of fused-ring (bicyclic) bond motifs is 1. The molecule has 0 aliphatic heterocycles. The summed E-state index contributed by atoms with van der Waals surface area (Å²) < 4.78 is 40.3. The van der Waals surface area contributed by atoms with Crippen molar-refractivity contribution in [2.24, 2.45) is 7.05 Å². The number of alkyl halides is 3. The molecule has 0 bridgehead atoms. The Balaban J connectivity index is 1.63. The minimum Gasteiger partial charge on any atom is -0.348 e. The van der Waals surface area contributed by atoms with Gasteiger partial charge in [-0.2, -0.15) is 18.3 Å². The van der Waals surface area contributed by atoms with Crippen LogP contribution in [-0.2, 0) is 19.8 Å². The summed E-state index contributed by atoms with van der Waals surface area (Å²) in [7, 11) is 1.78. The van der Waals surface area contributed by atoms with Gasteiger partial charge in [0.2, 0.25) is 0 Å².